The molecule has 2 heterocycles. The van der Waals surface area contributed by atoms with Crippen LogP contribution >= 0.6 is 0 Å². The number of carbonyl (C=O) groups excluding carboxylic acids is 1. The Morgan fingerprint density at radius 1 is 1.39 bits per heavy atom. The molecule has 5 heteroatoms. The molecule has 0 unspecified atom stereocenters. The Hall–Kier alpha value is -1.62. The number of pyridine rings is 1. The molecule has 1 aliphatic rings. The first-order valence-corrected chi connectivity index (χ1v) is 8.71. The zero-order valence-corrected chi connectivity index (χ0v) is 14.7. The summed E-state index contributed by atoms with van der Waals surface area (Å²) in [4.78, 5) is 20.8. The third-order valence-corrected chi connectivity index (χ3v) is 4.51. The third-order valence-electron chi connectivity index (χ3n) is 4.51. The number of hydrogen-bond donors (Lipinski definition) is 1. The van der Waals surface area contributed by atoms with Crippen molar-refractivity contribution in [3.63, 3.8) is 0 Å². The van der Waals surface area contributed by atoms with Crippen LogP contribution in [-0.2, 0) is 6.54 Å². The van der Waals surface area contributed by atoms with Gasteiger partial charge in [0.05, 0.1) is 12.2 Å². The highest BCUT2D eigenvalue weighted by atomic mass is 16.2. The number of hydrogen-bond acceptors (Lipinski definition) is 3. The average molecular weight is 318 g/mol. The van der Waals surface area contributed by atoms with Crippen LogP contribution in [0.2, 0.25) is 0 Å². The topological polar surface area (TPSA) is 48.5 Å². The van der Waals surface area contributed by atoms with Crippen LogP contribution in [-0.4, -0.2) is 54.0 Å². The zero-order chi connectivity index (χ0) is 16.7. The predicted molar refractivity (Wildman–Crippen MR) is 93.3 cm³/mol. The minimum absolute atomic E-state index is 0.0108. The monoisotopic (exact) mass is 318 g/mol. The number of piperidine rings is 1. The zero-order valence-electron chi connectivity index (χ0n) is 14.7. The summed E-state index contributed by atoms with van der Waals surface area (Å²) in [5, 5.41) is 3.07. The van der Waals surface area contributed by atoms with Crippen LogP contribution in [0.15, 0.2) is 18.3 Å². The molecular weight excluding hydrogens is 288 g/mol. The fourth-order valence-corrected chi connectivity index (χ4v) is 3.00. The number of nitrogens with zero attached hydrogens (tertiary/aromatic N) is 3. The van der Waals surface area contributed by atoms with E-state index in [-0.39, 0.29) is 6.03 Å². The van der Waals surface area contributed by atoms with Crippen molar-refractivity contribution in [1.29, 1.82) is 0 Å². The Bertz CT molecular complexity index is 480. The van der Waals surface area contributed by atoms with Crippen molar-refractivity contribution >= 4 is 6.03 Å². The smallest absolute Gasteiger partial charge is 0.317 e. The number of aromatic nitrogens is 1. The van der Waals surface area contributed by atoms with Gasteiger partial charge in [-0.05, 0) is 63.4 Å². The highest BCUT2D eigenvalue weighted by molar-refractivity contribution is 5.73. The van der Waals surface area contributed by atoms with Crippen molar-refractivity contribution in [3.8, 4) is 0 Å². The Morgan fingerprint density at radius 3 is 2.74 bits per heavy atom. The second kappa shape index (κ2) is 8.87. The van der Waals surface area contributed by atoms with Crippen molar-refractivity contribution in [3.05, 3.63) is 29.6 Å². The standard InChI is InChI=1S/C18H30N4O/c1-4-9-22-10-7-16(8-11-22)13-20-18(23)21(3)14-17-6-5-15(2)12-19-17/h5-6,12,16H,4,7-11,13-14H2,1-3H3,(H,20,23). The molecule has 0 radical (unpaired) electrons. The molecule has 1 aromatic heterocycles. The van der Waals surface area contributed by atoms with Crippen molar-refractivity contribution in [1.82, 2.24) is 20.1 Å². The molecule has 0 spiro atoms. The summed E-state index contributed by atoms with van der Waals surface area (Å²) < 4.78 is 0. The molecule has 2 amide bonds. The molecule has 0 aromatic carbocycles. The maximum atomic E-state index is 12.2. The molecule has 0 atom stereocenters. The molecule has 0 bridgehead atoms. The van der Waals surface area contributed by atoms with E-state index >= 15 is 0 Å². The first kappa shape index (κ1) is 17.7. The van der Waals surface area contributed by atoms with Gasteiger partial charge in [-0.2, -0.15) is 0 Å². The van der Waals surface area contributed by atoms with Gasteiger partial charge < -0.3 is 15.1 Å². The van der Waals surface area contributed by atoms with E-state index in [4.69, 9.17) is 0 Å². The van der Waals surface area contributed by atoms with E-state index in [0.29, 0.717) is 12.5 Å². The first-order valence-electron chi connectivity index (χ1n) is 8.71. The van der Waals surface area contributed by atoms with Gasteiger partial charge in [-0.3, -0.25) is 4.98 Å². The van der Waals surface area contributed by atoms with Gasteiger partial charge >= 0.3 is 6.03 Å². The van der Waals surface area contributed by atoms with Crippen LogP contribution in [0.25, 0.3) is 0 Å². The molecular formula is C18H30N4O. The second-order valence-electron chi connectivity index (χ2n) is 6.65. The molecule has 0 saturated carbocycles. The number of amides is 2. The number of nitrogens with one attached hydrogen (secondary N) is 1. The first-order chi connectivity index (χ1) is 11.1. The largest absolute Gasteiger partial charge is 0.338 e. The Balaban J connectivity index is 1.69. The van der Waals surface area contributed by atoms with Gasteiger partial charge in [0.2, 0.25) is 0 Å². The SMILES string of the molecule is CCCN1CCC(CNC(=O)N(C)Cc2ccc(C)cn2)CC1. The van der Waals surface area contributed by atoms with Crippen molar-refractivity contribution < 1.29 is 4.79 Å². The molecule has 1 aliphatic heterocycles. The van der Waals surface area contributed by atoms with E-state index < -0.39 is 0 Å². The van der Waals surface area contributed by atoms with E-state index in [1.807, 2.05) is 32.3 Å². The van der Waals surface area contributed by atoms with Crippen molar-refractivity contribution in [2.45, 2.75) is 39.7 Å². The number of urea groups is 1. The highest BCUT2D eigenvalue weighted by Gasteiger charge is 2.19. The van der Waals surface area contributed by atoms with Crippen LogP contribution < -0.4 is 5.32 Å². The van der Waals surface area contributed by atoms with Crippen LogP contribution in [0.1, 0.15) is 37.4 Å². The van der Waals surface area contributed by atoms with Crippen LogP contribution in [0.3, 0.4) is 0 Å². The molecule has 0 aliphatic carbocycles. The minimum Gasteiger partial charge on any atom is -0.338 e. The summed E-state index contributed by atoms with van der Waals surface area (Å²) >= 11 is 0. The average Bonchev–Trinajstić information content (AvgIpc) is 2.56. The Labute approximate surface area is 140 Å². The summed E-state index contributed by atoms with van der Waals surface area (Å²) in [6, 6.07) is 3.99. The van der Waals surface area contributed by atoms with Crippen molar-refractivity contribution in [2.24, 2.45) is 5.92 Å². The maximum Gasteiger partial charge on any atom is 0.317 e. The number of rotatable bonds is 6. The van der Waals surface area contributed by atoms with Crippen molar-refractivity contribution in [2.75, 3.05) is 33.2 Å². The van der Waals surface area contributed by atoms with Gasteiger partial charge in [-0.25, -0.2) is 4.79 Å². The number of aryl methyl sites for hydroxylation is 1. The van der Waals surface area contributed by atoms with E-state index in [9.17, 15) is 4.79 Å². The molecule has 5 nitrogen and oxygen atoms in total. The fourth-order valence-electron chi connectivity index (χ4n) is 3.00. The third kappa shape index (κ3) is 5.82. The quantitative estimate of drug-likeness (QED) is 0.877. The van der Waals surface area contributed by atoms with Gasteiger partial charge in [0.25, 0.3) is 0 Å². The summed E-state index contributed by atoms with van der Waals surface area (Å²) in [5.41, 5.74) is 2.05. The predicted octanol–water partition coefficient (Wildman–Crippen LogP) is 2.65. The summed E-state index contributed by atoms with van der Waals surface area (Å²) in [7, 11) is 1.82. The van der Waals surface area contributed by atoms with Crippen LogP contribution in [0, 0.1) is 12.8 Å². The molecule has 1 fully saturated rings. The van der Waals surface area contributed by atoms with E-state index in [2.05, 4.69) is 22.1 Å². The lowest BCUT2D eigenvalue weighted by molar-refractivity contribution is 0.175. The summed E-state index contributed by atoms with van der Waals surface area (Å²) in [5.74, 6) is 0.609. The molecule has 128 valence electrons. The van der Waals surface area contributed by atoms with Crippen LogP contribution in [0.5, 0.6) is 0 Å². The lowest BCUT2D eigenvalue weighted by Gasteiger charge is -2.32. The number of carbonyl (C=O) groups is 1. The fraction of sp³-hybridized carbons (Fsp3) is 0.667. The second-order valence-corrected chi connectivity index (χ2v) is 6.65. The van der Waals surface area contributed by atoms with Crippen LogP contribution in [0.4, 0.5) is 4.79 Å². The molecule has 1 saturated heterocycles. The summed E-state index contributed by atoms with van der Waals surface area (Å²) in [6.07, 6.45) is 5.43. The van der Waals surface area contributed by atoms with Gasteiger partial charge in [-0.15, -0.1) is 0 Å². The maximum absolute atomic E-state index is 12.2. The normalized spacial score (nSPS) is 16.3. The highest BCUT2D eigenvalue weighted by Crippen LogP contribution is 2.16. The van der Waals surface area contributed by atoms with E-state index in [0.717, 1.165) is 30.9 Å². The Kier molecular flexibility index (Phi) is 6.84. The van der Waals surface area contributed by atoms with E-state index in [1.54, 1.807) is 4.90 Å². The number of likely N-dealkylation sites (tertiary alicyclic amines) is 1. The molecule has 1 N–H and O–H groups in total. The van der Waals surface area contributed by atoms with Gasteiger partial charge in [0.15, 0.2) is 0 Å². The lowest BCUT2D eigenvalue weighted by Crippen LogP contribution is -2.42. The minimum atomic E-state index is -0.0108. The van der Waals surface area contributed by atoms with Gasteiger partial charge in [0.1, 0.15) is 0 Å². The molecule has 2 rings (SSSR count). The van der Waals surface area contributed by atoms with E-state index in [1.165, 1.54) is 25.8 Å². The molecule has 1 aromatic rings. The summed E-state index contributed by atoms with van der Waals surface area (Å²) in [6.45, 7) is 9.09. The Morgan fingerprint density at radius 2 is 2.13 bits per heavy atom. The lowest BCUT2D eigenvalue weighted by atomic mass is 9.97. The molecule has 23 heavy (non-hydrogen) atoms. The van der Waals surface area contributed by atoms with Gasteiger partial charge in [0, 0.05) is 19.8 Å². The van der Waals surface area contributed by atoms with Gasteiger partial charge in [-0.1, -0.05) is 13.0 Å².